The molecule has 55 heavy (non-hydrogen) atoms. The van der Waals surface area contributed by atoms with Crippen LogP contribution >= 0.6 is 22.7 Å². The first kappa shape index (κ1) is 32.0. The van der Waals surface area contributed by atoms with Crippen LogP contribution in [-0.4, -0.2) is 0 Å². The van der Waals surface area contributed by atoms with E-state index in [9.17, 15) is 0 Å². The van der Waals surface area contributed by atoms with Gasteiger partial charge in [0.25, 0.3) is 0 Å². The van der Waals surface area contributed by atoms with Gasteiger partial charge in [-0.1, -0.05) is 164 Å². The summed E-state index contributed by atoms with van der Waals surface area (Å²) in [6.07, 6.45) is 0. The van der Waals surface area contributed by atoms with E-state index in [1.165, 1.54) is 95.9 Å². The molecular weight excluding hydrogens is 703 g/mol. The monoisotopic (exact) mass is 735 g/mol. The van der Waals surface area contributed by atoms with Crippen molar-refractivity contribution in [2.75, 3.05) is 4.90 Å². The number of rotatable bonds is 6. The zero-order valence-corrected chi connectivity index (χ0v) is 31.4. The van der Waals surface area contributed by atoms with Gasteiger partial charge in [-0.25, -0.2) is 0 Å². The summed E-state index contributed by atoms with van der Waals surface area (Å²) in [5, 5.41) is 7.65. The first-order valence-corrected chi connectivity index (χ1v) is 20.3. The molecule has 0 unspecified atom stereocenters. The van der Waals surface area contributed by atoms with Crippen LogP contribution in [0.3, 0.4) is 0 Å². The summed E-state index contributed by atoms with van der Waals surface area (Å²) in [6, 6.07) is 73.3. The molecular formula is C52H33NS2. The zero-order chi connectivity index (χ0) is 36.3. The van der Waals surface area contributed by atoms with E-state index in [4.69, 9.17) is 0 Å². The molecule has 11 rings (SSSR count). The quantitative estimate of drug-likeness (QED) is 0.164. The highest BCUT2D eigenvalue weighted by Crippen LogP contribution is 2.51. The molecule has 0 aliphatic heterocycles. The third-order valence-corrected chi connectivity index (χ3v) is 13.3. The number of nitrogens with zero attached hydrogens (tertiary/aromatic N) is 1. The lowest BCUT2D eigenvalue weighted by Crippen LogP contribution is -2.10. The second-order valence-corrected chi connectivity index (χ2v) is 16.1. The van der Waals surface area contributed by atoms with Gasteiger partial charge in [0, 0.05) is 41.3 Å². The number of fused-ring (bicyclic) bond motifs is 7. The first-order valence-electron chi connectivity index (χ1n) is 18.7. The molecule has 9 aromatic carbocycles. The second kappa shape index (κ2) is 13.1. The Labute approximate surface area is 327 Å². The molecule has 2 aromatic heterocycles. The predicted molar refractivity (Wildman–Crippen MR) is 241 cm³/mol. The molecule has 11 aromatic rings. The molecule has 0 bridgehead atoms. The second-order valence-electron chi connectivity index (χ2n) is 14.0. The molecule has 0 N–H and O–H groups in total. The normalized spacial score (nSPS) is 11.6. The maximum absolute atomic E-state index is 2.51. The fourth-order valence-corrected chi connectivity index (χ4v) is 10.8. The van der Waals surface area contributed by atoms with Crippen molar-refractivity contribution >= 4 is 90.9 Å². The molecule has 0 aliphatic carbocycles. The molecule has 0 saturated heterocycles. The summed E-state index contributed by atoms with van der Waals surface area (Å²) in [6.45, 7) is 0. The molecule has 0 amide bonds. The molecule has 0 saturated carbocycles. The molecule has 3 heteroatoms. The standard InChI is InChI=1S/C52H33NS2/c1-3-14-34(15-4-1)40-31-28-36-18-7-8-19-39(36)49(40)37-26-29-38(30-27-37)53(46-23-13-22-43-42-20-9-11-24-47(42)54-51(43)46)45-33-32-41(35-16-5-2-6-17-35)52-50(45)44-21-10-12-25-48(44)55-52/h1-33H. The van der Waals surface area contributed by atoms with Gasteiger partial charge < -0.3 is 4.90 Å². The van der Waals surface area contributed by atoms with Gasteiger partial charge in [0.1, 0.15) is 0 Å². The van der Waals surface area contributed by atoms with E-state index in [2.05, 4.69) is 205 Å². The van der Waals surface area contributed by atoms with Crippen LogP contribution in [0.4, 0.5) is 17.1 Å². The molecule has 0 fully saturated rings. The minimum Gasteiger partial charge on any atom is -0.308 e. The SMILES string of the molecule is c1ccc(-c2ccc3ccccc3c2-c2ccc(N(c3cccc4c3sc3ccccc34)c3ccc(-c4ccccc4)c4sc5ccccc5c34)cc2)cc1. The summed E-state index contributed by atoms with van der Waals surface area (Å²) in [5.41, 5.74) is 10.9. The van der Waals surface area contributed by atoms with Gasteiger partial charge in [-0.15, -0.1) is 22.7 Å². The average molecular weight is 736 g/mol. The molecule has 2 heterocycles. The Morgan fingerprint density at radius 3 is 1.67 bits per heavy atom. The van der Waals surface area contributed by atoms with E-state index in [-0.39, 0.29) is 0 Å². The van der Waals surface area contributed by atoms with Crippen molar-refractivity contribution in [2.24, 2.45) is 0 Å². The van der Waals surface area contributed by atoms with E-state index in [0.29, 0.717) is 0 Å². The lowest BCUT2D eigenvalue weighted by Gasteiger charge is -2.28. The van der Waals surface area contributed by atoms with Crippen molar-refractivity contribution in [3.8, 4) is 33.4 Å². The van der Waals surface area contributed by atoms with Gasteiger partial charge in [-0.3, -0.25) is 0 Å². The van der Waals surface area contributed by atoms with Crippen LogP contribution in [0.25, 0.3) is 84.5 Å². The summed E-state index contributed by atoms with van der Waals surface area (Å²) < 4.78 is 5.18. The van der Waals surface area contributed by atoms with Crippen molar-refractivity contribution in [3.05, 3.63) is 200 Å². The van der Waals surface area contributed by atoms with E-state index in [1.807, 2.05) is 22.7 Å². The molecule has 0 atom stereocenters. The van der Waals surface area contributed by atoms with Gasteiger partial charge in [0.05, 0.1) is 16.1 Å². The highest BCUT2D eigenvalue weighted by atomic mass is 32.1. The summed E-state index contributed by atoms with van der Waals surface area (Å²) in [5.74, 6) is 0. The predicted octanol–water partition coefficient (Wildman–Crippen LogP) is 16.0. The maximum atomic E-state index is 2.51. The minimum absolute atomic E-state index is 1.12. The van der Waals surface area contributed by atoms with Crippen LogP contribution in [0.15, 0.2) is 200 Å². The molecule has 1 nitrogen and oxygen atoms in total. The van der Waals surface area contributed by atoms with E-state index < -0.39 is 0 Å². The van der Waals surface area contributed by atoms with Crippen molar-refractivity contribution in [1.29, 1.82) is 0 Å². The lowest BCUT2D eigenvalue weighted by molar-refractivity contribution is 1.32. The van der Waals surface area contributed by atoms with E-state index in [1.54, 1.807) is 0 Å². The number of benzene rings is 9. The van der Waals surface area contributed by atoms with Crippen LogP contribution in [-0.2, 0) is 0 Å². The van der Waals surface area contributed by atoms with Gasteiger partial charge in [-0.2, -0.15) is 0 Å². The van der Waals surface area contributed by atoms with Gasteiger partial charge >= 0.3 is 0 Å². The minimum atomic E-state index is 1.12. The molecule has 0 aliphatic rings. The maximum Gasteiger partial charge on any atom is 0.0640 e. The van der Waals surface area contributed by atoms with Crippen LogP contribution in [0.5, 0.6) is 0 Å². The van der Waals surface area contributed by atoms with Gasteiger partial charge in [0.2, 0.25) is 0 Å². The largest absolute Gasteiger partial charge is 0.308 e. The summed E-state index contributed by atoms with van der Waals surface area (Å²) >= 11 is 3.77. The molecule has 0 radical (unpaired) electrons. The topological polar surface area (TPSA) is 3.24 Å². The Hall–Kier alpha value is -6.52. The van der Waals surface area contributed by atoms with Crippen LogP contribution in [0.1, 0.15) is 0 Å². The highest BCUT2D eigenvalue weighted by molar-refractivity contribution is 7.27. The smallest absolute Gasteiger partial charge is 0.0640 e. The first-order chi connectivity index (χ1) is 27.3. The van der Waals surface area contributed by atoms with Crippen LogP contribution in [0, 0.1) is 0 Å². The Bertz CT molecular complexity index is 3190. The molecule has 258 valence electrons. The Morgan fingerprint density at radius 1 is 0.327 bits per heavy atom. The van der Waals surface area contributed by atoms with Crippen molar-refractivity contribution < 1.29 is 0 Å². The molecule has 0 spiro atoms. The Kier molecular flexibility index (Phi) is 7.61. The van der Waals surface area contributed by atoms with E-state index in [0.717, 1.165) is 5.69 Å². The van der Waals surface area contributed by atoms with Crippen molar-refractivity contribution in [1.82, 2.24) is 0 Å². The lowest BCUT2D eigenvalue weighted by atomic mass is 9.89. The number of hydrogen-bond acceptors (Lipinski definition) is 3. The number of thiophene rings is 2. The Balaban J connectivity index is 1.18. The van der Waals surface area contributed by atoms with Crippen molar-refractivity contribution in [3.63, 3.8) is 0 Å². The summed E-state index contributed by atoms with van der Waals surface area (Å²) in [7, 11) is 0. The average Bonchev–Trinajstić information content (AvgIpc) is 3.84. The van der Waals surface area contributed by atoms with Crippen LogP contribution < -0.4 is 4.90 Å². The Morgan fingerprint density at radius 2 is 0.909 bits per heavy atom. The number of anilines is 3. The third-order valence-electron chi connectivity index (χ3n) is 10.9. The van der Waals surface area contributed by atoms with E-state index >= 15 is 0 Å². The number of hydrogen-bond donors (Lipinski definition) is 0. The van der Waals surface area contributed by atoms with Gasteiger partial charge in [0.15, 0.2) is 0 Å². The highest BCUT2D eigenvalue weighted by Gasteiger charge is 2.24. The zero-order valence-electron chi connectivity index (χ0n) is 29.8. The van der Waals surface area contributed by atoms with Crippen LogP contribution in [0.2, 0.25) is 0 Å². The third kappa shape index (κ3) is 5.27. The van der Waals surface area contributed by atoms with Crippen molar-refractivity contribution in [2.45, 2.75) is 0 Å². The summed E-state index contributed by atoms with van der Waals surface area (Å²) in [4.78, 5) is 2.51. The fourth-order valence-electron chi connectivity index (χ4n) is 8.38. The van der Waals surface area contributed by atoms with Gasteiger partial charge in [-0.05, 0) is 80.6 Å². The fraction of sp³-hybridized carbons (Fsp3) is 0.